The molecule has 0 aromatic carbocycles. The van der Waals surface area contributed by atoms with E-state index in [1.54, 1.807) is 0 Å². The number of hydrogen-bond acceptors (Lipinski definition) is 3. The number of carbonyl (C=O) groups is 1. The van der Waals surface area contributed by atoms with Crippen molar-refractivity contribution >= 4 is 15.7 Å². The third-order valence-corrected chi connectivity index (χ3v) is 4.47. The summed E-state index contributed by atoms with van der Waals surface area (Å²) < 4.78 is 22.6. The van der Waals surface area contributed by atoms with Crippen molar-refractivity contribution in [3.05, 3.63) is 0 Å². The fourth-order valence-corrected chi connectivity index (χ4v) is 3.32. The van der Waals surface area contributed by atoms with Crippen molar-refractivity contribution in [3.63, 3.8) is 0 Å². The fraction of sp³-hybridized carbons (Fsp3) is 0.889. The molecule has 1 aliphatic rings. The van der Waals surface area contributed by atoms with Gasteiger partial charge in [-0.05, 0) is 25.2 Å². The molecule has 2 atom stereocenters. The van der Waals surface area contributed by atoms with Gasteiger partial charge in [-0.3, -0.25) is 4.79 Å². The first-order chi connectivity index (χ1) is 6.39. The lowest BCUT2D eigenvalue weighted by molar-refractivity contribution is -0.119. The molecule has 1 fully saturated rings. The SMILES string of the molecule is CS(=O)(=O)C1CCC[C@@H](CC(N)=O)C1. The number of rotatable bonds is 3. The largest absolute Gasteiger partial charge is 0.370 e. The van der Waals surface area contributed by atoms with Crippen molar-refractivity contribution in [1.29, 1.82) is 0 Å². The number of primary amides is 1. The lowest BCUT2D eigenvalue weighted by Crippen LogP contribution is -2.29. The molecule has 1 aliphatic carbocycles. The predicted molar refractivity (Wildman–Crippen MR) is 54.4 cm³/mol. The Morgan fingerprint density at radius 2 is 2.07 bits per heavy atom. The van der Waals surface area contributed by atoms with Crippen LogP contribution in [0.15, 0.2) is 0 Å². The molecule has 1 saturated carbocycles. The van der Waals surface area contributed by atoms with Crippen molar-refractivity contribution in [2.75, 3.05) is 6.26 Å². The topological polar surface area (TPSA) is 77.2 Å². The molecule has 0 aromatic heterocycles. The summed E-state index contributed by atoms with van der Waals surface area (Å²) in [5.74, 6) is -0.162. The highest BCUT2D eigenvalue weighted by molar-refractivity contribution is 7.91. The maximum absolute atomic E-state index is 11.3. The van der Waals surface area contributed by atoms with Gasteiger partial charge in [0, 0.05) is 12.7 Å². The molecule has 0 aliphatic heterocycles. The summed E-state index contributed by atoms with van der Waals surface area (Å²) in [5, 5.41) is -0.263. The second-order valence-corrected chi connectivity index (χ2v) is 6.48. The van der Waals surface area contributed by atoms with E-state index in [4.69, 9.17) is 5.73 Å². The third-order valence-electron chi connectivity index (χ3n) is 2.83. The highest BCUT2D eigenvalue weighted by Gasteiger charge is 2.29. The van der Waals surface area contributed by atoms with E-state index in [1.807, 2.05) is 0 Å². The van der Waals surface area contributed by atoms with Gasteiger partial charge < -0.3 is 5.73 Å². The Hall–Kier alpha value is -0.580. The third kappa shape index (κ3) is 3.29. The first-order valence-electron chi connectivity index (χ1n) is 4.86. The molecule has 14 heavy (non-hydrogen) atoms. The first kappa shape index (κ1) is 11.5. The van der Waals surface area contributed by atoms with Gasteiger partial charge in [-0.25, -0.2) is 8.42 Å². The van der Waals surface area contributed by atoms with Crippen LogP contribution in [0.25, 0.3) is 0 Å². The Labute approximate surface area is 84.8 Å². The summed E-state index contributed by atoms with van der Waals surface area (Å²) in [4.78, 5) is 10.7. The number of hydrogen-bond donors (Lipinski definition) is 1. The minimum Gasteiger partial charge on any atom is -0.370 e. The van der Waals surface area contributed by atoms with Gasteiger partial charge in [0.25, 0.3) is 0 Å². The van der Waals surface area contributed by atoms with E-state index in [2.05, 4.69) is 0 Å². The molecule has 4 nitrogen and oxygen atoms in total. The van der Waals surface area contributed by atoms with Crippen molar-refractivity contribution in [1.82, 2.24) is 0 Å². The van der Waals surface area contributed by atoms with Crippen LogP contribution in [0, 0.1) is 5.92 Å². The second kappa shape index (κ2) is 4.29. The van der Waals surface area contributed by atoms with E-state index in [9.17, 15) is 13.2 Å². The lowest BCUT2D eigenvalue weighted by Gasteiger charge is -2.26. The summed E-state index contributed by atoms with van der Waals surface area (Å²) in [5.41, 5.74) is 5.09. The highest BCUT2D eigenvalue weighted by Crippen LogP contribution is 2.30. The summed E-state index contributed by atoms with van der Waals surface area (Å²) in [6.07, 6.45) is 4.73. The van der Waals surface area contributed by atoms with Gasteiger partial charge in [0.15, 0.2) is 0 Å². The van der Waals surface area contributed by atoms with Crippen LogP contribution in [0.1, 0.15) is 32.1 Å². The first-order valence-corrected chi connectivity index (χ1v) is 6.82. The number of nitrogens with two attached hydrogens (primary N) is 1. The summed E-state index contributed by atoms with van der Waals surface area (Å²) in [6, 6.07) is 0. The zero-order valence-electron chi connectivity index (χ0n) is 8.40. The minimum absolute atomic E-state index is 0.168. The van der Waals surface area contributed by atoms with Gasteiger partial charge in [0.1, 0.15) is 9.84 Å². The molecule has 0 spiro atoms. The molecule has 0 heterocycles. The monoisotopic (exact) mass is 219 g/mol. The van der Waals surface area contributed by atoms with Crippen molar-refractivity contribution in [2.24, 2.45) is 11.7 Å². The van der Waals surface area contributed by atoms with Gasteiger partial charge in [-0.1, -0.05) is 6.42 Å². The fourth-order valence-electron chi connectivity index (χ4n) is 2.10. The smallest absolute Gasteiger partial charge is 0.217 e. The van der Waals surface area contributed by atoms with Crippen LogP contribution in [-0.2, 0) is 14.6 Å². The molecular weight excluding hydrogens is 202 g/mol. The predicted octanol–water partition coefficient (Wildman–Crippen LogP) is 0.465. The van der Waals surface area contributed by atoms with Crippen LogP contribution < -0.4 is 5.73 Å². The van der Waals surface area contributed by atoms with Crippen LogP contribution in [0.4, 0.5) is 0 Å². The molecule has 0 saturated heterocycles. The Morgan fingerprint density at radius 3 is 2.57 bits per heavy atom. The Morgan fingerprint density at radius 1 is 1.43 bits per heavy atom. The summed E-state index contributed by atoms with van der Waals surface area (Å²) in [7, 11) is -2.95. The molecule has 0 radical (unpaired) electrons. The molecular formula is C9H17NO3S. The zero-order valence-corrected chi connectivity index (χ0v) is 9.22. The Kier molecular flexibility index (Phi) is 3.53. The Balaban J connectivity index is 2.56. The number of carbonyl (C=O) groups excluding carboxylic acids is 1. The average Bonchev–Trinajstić information content (AvgIpc) is 2.01. The van der Waals surface area contributed by atoms with Gasteiger partial charge in [-0.15, -0.1) is 0 Å². The quantitative estimate of drug-likeness (QED) is 0.749. The zero-order chi connectivity index (χ0) is 10.8. The second-order valence-electron chi connectivity index (χ2n) is 4.15. The maximum Gasteiger partial charge on any atom is 0.217 e. The normalized spacial score (nSPS) is 28.6. The maximum atomic E-state index is 11.3. The standard InChI is InChI=1S/C9H17NO3S/c1-14(12,13)8-4-2-3-7(5-8)6-9(10)11/h7-8H,2-6H2,1H3,(H2,10,11)/t7-,8?/m1/s1. The van der Waals surface area contributed by atoms with E-state index in [1.165, 1.54) is 6.26 Å². The van der Waals surface area contributed by atoms with Gasteiger partial charge in [0.2, 0.25) is 5.91 Å². The van der Waals surface area contributed by atoms with E-state index < -0.39 is 9.84 Å². The van der Waals surface area contributed by atoms with E-state index in [0.717, 1.165) is 19.3 Å². The number of amides is 1. The molecule has 5 heteroatoms. The minimum atomic E-state index is -2.95. The number of sulfone groups is 1. The molecule has 1 amide bonds. The van der Waals surface area contributed by atoms with E-state index in [-0.39, 0.29) is 17.1 Å². The van der Waals surface area contributed by atoms with Gasteiger partial charge in [0.05, 0.1) is 5.25 Å². The molecule has 1 rings (SSSR count). The average molecular weight is 219 g/mol. The van der Waals surface area contributed by atoms with Crippen LogP contribution in [0.2, 0.25) is 0 Å². The summed E-state index contributed by atoms with van der Waals surface area (Å²) in [6.45, 7) is 0. The van der Waals surface area contributed by atoms with Crippen LogP contribution >= 0.6 is 0 Å². The molecule has 0 bridgehead atoms. The van der Waals surface area contributed by atoms with Crippen LogP contribution in [0.3, 0.4) is 0 Å². The highest BCUT2D eigenvalue weighted by atomic mass is 32.2. The Bertz CT molecular complexity index is 310. The molecule has 1 unspecified atom stereocenters. The van der Waals surface area contributed by atoms with Crippen LogP contribution in [0.5, 0.6) is 0 Å². The van der Waals surface area contributed by atoms with Gasteiger partial charge >= 0.3 is 0 Å². The van der Waals surface area contributed by atoms with E-state index >= 15 is 0 Å². The van der Waals surface area contributed by atoms with E-state index in [0.29, 0.717) is 12.8 Å². The molecule has 0 aromatic rings. The lowest BCUT2D eigenvalue weighted by atomic mass is 9.86. The van der Waals surface area contributed by atoms with Crippen molar-refractivity contribution in [3.8, 4) is 0 Å². The van der Waals surface area contributed by atoms with Crippen molar-refractivity contribution < 1.29 is 13.2 Å². The molecule has 82 valence electrons. The van der Waals surface area contributed by atoms with Crippen LogP contribution in [-0.4, -0.2) is 25.8 Å². The summed E-state index contributed by atoms with van der Waals surface area (Å²) >= 11 is 0. The van der Waals surface area contributed by atoms with Crippen molar-refractivity contribution in [2.45, 2.75) is 37.4 Å². The molecule has 2 N–H and O–H groups in total. The van der Waals surface area contributed by atoms with Gasteiger partial charge in [-0.2, -0.15) is 0 Å².